The lowest BCUT2D eigenvalue weighted by Crippen LogP contribution is -2.40. The first-order chi connectivity index (χ1) is 14.1. The minimum atomic E-state index is -0.405. The molecule has 152 valence electrons. The number of hydrogen-bond donors (Lipinski definition) is 1. The van der Waals surface area contributed by atoms with Crippen LogP contribution in [0, 0.1) is 10.1 Å². The molecule has 0 aliphatic carbocycles. The molecule has 29 heavy (non-hydrogen) atoms. The molecule has 0 spiro atoms. The largest absolute Gasteiger partial charge is 0.338 e. The second kappa shape index (κ2) is 8.02. The summed E-state index contributed by atoms with van der Waals surface area (Å²) in [5.74, 6) is 1.25. The zero-order valence-electron chi connectivity index (χ0n) is 16.7. The number of hydrogen-bond acceptors (Lipinski definition) is 7. The minimum absolute atomic E-state index is 0.0293. The van der Waals surface area contributed by atoms with Gasteiger partial charge in [-0.1, -0.05) is 13.0 Å². The highest BCUT2D eigenvalue weighted by molar-refractivity contribution is 5.86. The van der Waals surface area contributed by atoms with Gasteiger partial charge in [0.15, 0.2) is 17.0 Å². The Balaban J connectivity index is 1.79. The van der Waals surface area contributed by atoms with E-state index in [0.717, 1.165) is 38.0 Å². The van der Waals surface area contributed by atoms with Crippen LogP contribution in [0.1, 0.15) is 39.5 Å². The smallest absolute Gasteiger partial charge is 0.271 e. The number of piperidine rings is 1. The summed E-state index contributed by atoms with van der Waals surface area (Å²) in [7, 11) is 0. The fraction of sp³-hybridized carbons (Fsp3) is 0.450. The van der Waals surface area contributed by atoms with Gasteiger partial charge in [0, 0.05) is 37.0 Å². The standard InChI is InChI=1S/C20H25N7O2/c1-3-15-9-5-6-11-26(15)20-23-18(17-19(24-20)25(4-2)13-21-17)22-14-8-7-10-16(12-14)27(28)29/h7-8,10,12-13,15H,3-6,9,11H2,1-2H3,(H,22,23,24)/t15-/m0/s1. The number of imidazole rings is 1. The molecular weight excluding hydrogens is 370 g/mol. The molecule has 0 unspecified atom stereocenters. The summed E-state index contributed by atoms with van der Waals surface area (Å²) in [4.78, 5) is 27.1. The molecule has 1 aliphatic heterocycles. The molecule has 9 heteroatoms. The molecular formula is C20H25N7O2. The average molecular weight is 395 g/mol. The van der Waals surface area contributed by atoms with E-state index in [4.69, 9.17) is 9.97 Å². The van der Waals surface area contributed by atoms with E-state index in [0.29, 0.717) is 29.0 Å². The van der Waals surface area contributed by atoms with Crippen molar-refractivity contribution in [3.8, 4) is 0 Å². The molecule has 1 N–H and O–H groups in total. The highest BCUT2D eigenvalue weighted by atomic mass is 16.6. The lowest BCUT2D eigenvalue weighted by Gasteiger charge is -2.35. The van der Waals surface area contributed by atoms with Gasteiger partial charge in [-0.25, -0.2) is 4.98 Å². The number of nitro groups is 1. The van der Waals surface area contributed by atoms with Crippen molar-refractivity contribution in [2.75, 3.05) is 16.8 Å². The highest BCUT2D eigenvalue weighted by Crippen LogP contribution is 2.30. The maximum Gasteiger partial charge on any atom is 0.271 e. The van der Waals surface area contributed by atoms with Crippen molar-refractivity contribution >= 4 is 34.3 Å². The Morgan fingerprint density at radius 3 is 2.90 bits per heavy atom. The van der Waals surface area contributed by atoms with Gasteiger partial charge in [-0.05, 0) is 38.7 Å². The van der Waals surface area contributed by atoms with E-state index in [-0.39, 0.29) is 5.69 Å². The molecule has 1 saturated heterocycles. The number of nitro benzene ring substituents is 1. The van der Waals surface area contributed by atoms with Crippen molar-refractivity contribution in [2.45, 2.75) is 52.1 Å². The third-order valence-corrected chi connectivity index (χ3v) is 5.47. The van der Waals surface area contributed by atoms with Gasteiger partial charge in [-0.3, -0.25) is 10.1 Å². The zero-order valence-corrected chi connectivity index (χ0v) is 16.7. The van der Waals surface area contributed by atoms with Crippen LogP contribution in [-0.2, 0) is 6.54 Å². The zero-order chi connectivity index (χ0) is 20.4. The predicted molar refractivity (Wildman–Crippen MR) is 113 cm³/mol. The molecule has 0 amide bonds. The molecule has 1 aromatic carbocycles. The molecule has 3 aromatic rings. The maximum absolute atomic E-state index is 11.1. The van der Waals surface area contributed by atoms with Crippen molar-refractivity contribution in [3.05, 3.63) is 40.7 Å². The van der Waals surface area contributed by atoms with Gasteiger partial charge in [0.25, 0.3) is 5.69 Å². The molecule has 4 rings (SSSR count). The summed E-state index contributed by atoms with van der Waals surface area (Å²) in [5, 5.41) is 14.4. The van der Waals surface area contributed by atoms with Crippen LogP contribution in [0.4, 0.5) is 23.1 Å². The van der Waals surface area contributed by atoms with E-state index >= 15 is 0 Å². The predicted octanol–water partition coefficient (Wildman–Crippen LogP) is 4.27. The first-order valence-electron chi connectivity index (χ1n) is 10.1. The van der Waals surface area contributed by atoms with Crippen LogP contribution in [-0.4, -0.2) is 37.0 Å². The fourth-order valence-electron chi connectivity index (χ4n) is 3.90. The number of benzene rings is 1. The first-order valence-corrected chi connectivity index (χ1v) is 10.1. The molecule has 1 fully saturated rings. The summed E-state index contributed by atoms with van der Waals surface area (Å²) in [5.41, 5.74) is 2.06. The number of aryl methyl sites for hydroxylation is 1. The van der Waals surface area contributed by atoms with E-state index in [1.165, 1.54) is 18.6 Å². The number of fused-ring (bicyclic) bond motifs is 1. The third kappa shape index (κ3) is 3.72. The van der Waals surface area contributed by atoms with E-state index in [2.05, 4.69) is 22.1 Å². The molecule has 1 atom stereocenters. The lowest BCUT2D eigenvalue weighted by molar-refractivity contribution is -0.384. The second-order valence-corrected chi connectivity index (χ2v) is 7.26. The van der Waals surface area contributed by atoms with Gasteiger partial charge in [-0.15, -0.1) is 0 Å². The number of rotatable bonds is 6. The van der Waals surface area contributed by atoms with E-state index in [9.17, 15) is 10.1 Å². The SMILES string of the molecule is CC[C@H]1CCCCN1c1nc(Nc2cccc([N+](=O)[O-])c2)c2ncn(CC)c2n1. The van der Waals surface area contributed by atoms with Gasteiger partial charge >= 0.3 is 0 Å². The Kier molecular flexibility index (Phi) is 5.28. The van der Waals surface area contributed by atoms with E-state index in [1.54, 1.807) is 18.5 Å². The van der Waals surface area contributed by atoms with Crippen LogP contribution in [0.2, 0.25) is 0 Å². The second-order valence-electron chi connectivity index (χ2n) is 7.26. The fourth-order valence-corrected chi connectivity index (χ4v) is 3.90. The van der Waals surface area contributed by atoms with Gasteiger partial charge in [0.05, 0.1) is 11.3 Å². The summed E-state index contributed by atoms with van der Waals surface area (Å²) in [6.45, 7) is 5.92. The number of aromatic nitrogens is 4. The maximum atomic E-state index is 11.1. The van der Waals surface area contributed by atoms with Gasteiger partial charge in [0.2, 0.25) is 5.95 Å². The molecule has 9 nitrogen and oxygen atoms in total. The van der Waals surface area contributed by atoms with Crippen LogP contribution in [0.25, 0.3) is 11.2 Å². The Morgan fingerprint density at radius 1 is 1.28 bits per heavy atom. The third-order valence-electron chi connectivity index (χ3n) is 5.47. The molecule has 0 radical (unpaired) electrons. The summed E-state index contributed by atoms with van der Waals surface area (Å²) in [6.07, 6.45) is 6.29. The van der Waals surface area contributed by atoms with E-state index in [1.807, 2.05) is 11.5 Å². The Morgan fingerprint density at radius 2 is 2.14 bits per heavy atom. The summed E-state index contributed by atoms with van der Waals surface area (Å²) < 4.78 is 1.99. The minimum Gasteiger partial charge on any atom is -0.338 e. The normalized spacial score (nSPS) is 16.9. The monoisotopic (exact) mass is 395 g/mol. The summed E-state index contributed by atoms with van der Waals surface area (Å²) >= 11 is 0. The van der Waals surface area contributed by atoms with Gasteiger partial charge in [0.1, 0.15) is 0 Å². The lowest BCUT2D eigenvalue weighted by atomic mass is 10.0. The molecule has 3 heterocycles. The van der Waals surface area contributed by atoms with Gasteiger partial charge < -0.3 is 14.8 Å². The van der Waals surface area contributed by atoms with Crippen molar-refractivity contribution in [2.24, 2.45) is 0 Å². The topological polar surface area (TPSA) is 102 Å². The summed E-state index contributed by atoms with van der Waals surface area (Å²) in [6, 6.07) is 6.83. The Bertz CT molecular complexity index is 1030. The van der Waals surface area contributed by atoms with Crippen LogP contribution < -0.4 is 10.2 Å². The first kappa shape index (κ1) is 19.1. The highest BCUT2D eigenvalue weighted by Gasteiger charge is 2.25. The Hall–Kier alpha value is -3.23. The van der Waals surface area contributed by atoms with E-state index < -0.39 is 4.92 Å². The van der Waals surface area contributed by atoms with Crippen molar-refractivity contribution in [1.82, 2.24) is 19.5 Å². The van der Waals surface area contributed by atoms with Crippen molar-refractivity contribution in [3.63, 3.8) is 0 Å². The number of nitrogens with one attached hydrogen (secondary N) is 1. The number of non-ortho nitro benzene ring substituents is 1. The van der Waals surface area contributed by atoms with Crippen LogP contribution in [0.15, 0.2) is 30.6 Å². The van der Waals surface area contributed by atoms with Crippen LogP contribution >= 0.6 is 0 Å². The molecule has 0 saturated carbocycles. The molecule has 1 aliphatic rings. The average Bonchev–Trinajstić information content (AvgIpc) is 3.17. The molecule has 2 aromatic heterocycles. The molecule has 0 bridgehead atoms. The van der Waals surface area contributed by atoms with Crippen LogP contribution in [0.5, 0.6) is 0 Å². The Labute approximate surface area is 168 Å². The number of nitrogens with zero attached hydrogens (tertiary/aromatic N) is 6. The number of anilines is 3. The quantitative estimate of drug-likeness (QED) is 0.491. The van der Waals surface area contributed by atoms with Crippen LogP contribution in [0.3, 0.4) is 0 Å². The van der Waals surface area contributed by atoms with Gasteiger partial charge in [-0.2, -0.15) is 9.97 Å². The van der Waals surface area contributed by atoms with Crippen molar-refractivity contribution < 1.29 is 4.92 Å². The van der Waals surface area contributed by atoms with Crippen molar-refractivity contribution in [1.29, 1.82) is 0 Å².